The topological polar surface area (TPSA) is 33.1 Å². The molecular weight excluding hydrogens is 248 g/mol. The molecule has 1 aromatic heterocycles. The van der Waals surface area contributed by atoms with E-state index in [0.717, 1.165) is 31.9 Å². The minimum atomic E-state index is 0.667. The van der Waals surface area contributed by atoms with E-state index in [4.69, 9.17) is 0 Å². The summed E-state index contributed by atoms with van der Waals surface area (Å²) >= 11 is 0. The molecule has 2 heterocycles. The second-order valence-electron chi connectivity index (χ2n) is 5.34. The predicted octanol–water partition coefficient (Wildman–Crippen LogP) is 2.06. The van der Waals surface area contributed by atoms with Crippen molar-refractivity contribution in [2.24, 2.45) is 0 Å². The summed E-state index contributed by atoms with van der Waals surface area (Å²) in [5, 5.41) is 7.92. The average molecular weight is 270 g/mol. The standard InChI is InChI=1S/C16H22N4/c1-2-19(16-8-9-17-11-16)12-14-10-18-20(13-14)15-6-4-3-5-7-15/h3-7,10,13,16-17H,2,8-9,11-12H2,1H3. The van der Waals surface area contributed by atoms with E-state index in [1.54, 1.807) is 0 Å². The summed E-state index contributed by atoms with van der Waals surface area (Å²) < 4.78 is 1.95. The molecule has 1 saturated heterocycles. The third kappa shape index (κ3) is 2.92. The molecule has 0 bridgehead atoms. The molecule has 4 nitrogen and oxygen atoms in total. The molecule has 4 heteroatoms. The molecule has 0 spiro atoms. The van der Waals surface area contributed by atoms with Gasteiger partial charge in [-0.25, -0.2) is 4.68 Å². The second-order valence-corrected chi connectivity index (χ2v) is 5.34. The first kappa shape index (κ1) is 13.3. The van der Waals surface area contributed by atoms with Crippen molar-refractivity contribution in [1.29, 1.82) is 0 Å². The van der Waals surface area contributed by atoms with Crippen LogP contribution in [0.3, 0.4) is 0 Å². The van der Waals surface area contributed by atoms with E-state index in [-0.39, 0.29) is 0 Å². The van der Waals surface area contributed by atoms with Crippen LogP contribution in [0.4, 0.5) is 0 Å². The van der Waals surface area contributed by atoms with Gasteiger partial charge in [0.15, 0.2) is 0 Å². The minimum Gasteiger partial charge on any atom is -0.315 e. The Morgan fingerprint density at radius 2 is 2.20 bits per heavy atom. The normalized spacial score (nSPS) is 18.8. The van der Waals surface area contributed by atoms with Crippen LogP contribution in [0.1, 0.15) is 18.9 Å². The number of benzene rings is 1. The fourth-order valence-electron chi connectivity index (χ4n) is 2.85. The van der Waals surface area contributed by atoms with E-state index in [1.807, 2.05) is 29.1 Å². The number of hydrogen-bond acceptors (Lipinski definition) is 3. The highest BCUT2D eigenvalue weighted by Crippen LogP contribution is 2.14. The summed E-state index contributed by atoms with van der Waals surface area (Å²) in [6.07, 6.45) is 5.37. The fraction of sp³-hybridized carbons (Fsp3) is 0.438. The molecule has 1 aliphatic rings. The Hall–Kier alpha value is -1.65. The van der Waals surface area contributed by atoms with E-state index in [2.05, 4.69) is 40.6 Å². The summed E-state index contributed by atoms with van der Waals surface area (Å²) in [6, 6.07) is 10.9. The van der Waals surface area contributed by atoms with Crippen LogP contribution < -0.4 is 5.32 Å². The van der Waals surface area contributed by atoms with Gasteiger partial charge in [-0.3, -0.25) is 4.90 Å². The molecule has 0 saturated carbocycles. The van der Waals surface area contributed by atoms with Gasteiger partial charge in [-0.2, -0.15) is 5.10 Å². The van der Waals surface area contributed by atoms with Gasteiger partial charge in [0.1, 0.15) is 0 Å². The lowest BCUT2D eigenvalue weighted by atomic mass is 10.2. The molecule has 2 aromatic rings. The number of nitrogens with zero attached hydrogens (tertiary/aromatic N) is 3. The van der Waals surface area contributed by atoms with Gasteiger partial charge in [-0.1, -0.05) is 25.1 Å². The van der Waals surface area contributed by atoms with Gasteiger partial charge >= 0.3 is 0 Å². The van der Waals surface area contributed by atoms with Gasteiger partial charge < -0.3 is 5.32 Å². The highest BCUT2D eigenvalue weighted by molar-refractivity contribution is 5.30. The molecule has 1 aromatic carbocycles. The Morgan fingerprint density at radius 3 is 2.90 bits per heavy atom. The molecule has 1 unspecified atom stereocenters. The molecule has 3 rings (SSSR count). The van der Waals surface area contributed by atoms with Crippen LogP contribution in [0, 0.1) is 0 Å². The maximum atomic E-state index is 4.47. The van der Waals surface area contributed by atoms with Crippen LogP contribution in [0.25, 0.3) is 5.69 Å². The van der Waals surface area contributed by atoms with Gasteiger partial charge in [-0.05, 0) is 31.6 Å². The third-order valence-electron chi connectivity index (χ3n) is 4.00. The zero-order valence-corrected chi connectivity index (χ0v) is 12.0. The molecule has 1 atom stereocenters. The minimum absolute atomic E-state index is 0.667. The van der Waals surface area contributed by atoms with E-state index >= 15 is 0 Å². The monoisotopic (exact) mass is 270 g/mol. The quantitative estimate of drug-likeness (QED) is 0.903. The maximum absolute atomic E-state index is 4.47. The summed E-state index contributed by atoms with van der Waals surface area (Å²) in [4.78, 5) is 2.53. The van der Waals surface area contributed by atoms with Crippen LogP contribution in [0.2, 0.25) is 0 Å². The Balaban J connectivity index is 1.70. The van der Waals surface area contributed by atoms with Crippen LogP contribution in [-0.2, 0) is 6.54 Å². The molecule has 0 radical (unpaired) electrons. The van der Waals surface area contributed by atoms with Crippen LogP contribution in [0.15, 0.2) is 42.7 Å². The summed E-state index contributed by atoms with van der Waals surface area (Å²) in [6.45, 7) is 6.56. The summed E-state index contributed by atoms with van der Waals surface area (Å²) in [5.74, 6) is 0. The first-order chi connectivity index (χ1) is 9.86. The summed E-state index contributed by atoms with van der Waals surface area (Å²) in [5.41, 5.74) is 2.40. The number of nitrogens with one attached hydrogen (secondary N) is 1. The van der Waals surface area contributed by atoms with E-state index in [9.17, 15) is 0 Å². The predicted molar refractivity (Wildman–Crippen MR) is 80.9 cm³/mol. The van der Waals surface area contributed by atoms with Crippen LogP contribution in [0.5, 0.6) is 0 Å². The molecule has 106 valence electrons. The molecular formula is C16H22N4. The Bertz CT molecular complexity index is 528. The number of rotatable bonds is 5. The molecule has 1 fully saturated rings. The lowest BCUT2D eigenvalue weighted by Crippen LogP contribution is -2.36. The fourth-order valence-corrected chi connectivity index (χ4v) is 2.85. The number of hydrogen-bond donors (Lipinski definition) is 1. The lowest BCUT2D eigenvalue weighted by molar-refractivity contribution is 0.210. The Kier molecular flexibility index (Phi) is 4.14. The van der Waals surface area contributed by atoms with Gasteiger partial charge in [0.05, 0.1) is 11.9 Å². The van der Waals surface area contributed by atoms with E-state index in [1.165, 1.54) is 12.0 Å². The highest BCUT2D eigenvalue weighted by atomic mass is 15.3. The van der Waals surface area contributed by atoms with Crippen LogP contribution in [-0.4, -0.2) is 40.4 Å². The molecule has 1 aliphatic heterocycles. The first-order valence-electron chi connectivity index (χ1n) is 7.40. The average Bonchev–Trinajstić information content (AvgIpc) is 3.17. The van der Waals surface area contributed by atoms with Gasteiger partial charge in [-0.15, -0.1) is 0 Å². The third-order valence-corrected chi connectivity index (χ3v) is 4.00. The molecule has 0 aliphatic carbocycles. The van der Waals surface area contributed by atoms with Crippen molar-refractivity contribution in [3.8, 4) is 5.69 Å². The van der Waals surface area contributed by atoms with Gasteiger partial charge in [0.25, 0.3) is 0 Å². The van der Waals surface area contributed by atoms with Gasteiger partial charge in [0, 0.05) is 30.9 Å². The summed E-state index contributed by atoms with van der Waals surface area (Å²) in [7, 11) is 0. The number of aromatic nitrogens is 2. The van der Waals surface area contributed by atoms with E-state index in [0.29, 0.717) is 6.04 Å². The number of likely N-dealkylation sites (N-methyl/N-ethyl adjacent to an activating group) is 1. The number of para-hydroxylation sites is 1. The SMILES string of the molecule is CCN(Cc1cnn(-c2ccccc2)c1)C1CCNC1. The molecule has 1 N–H and O–H groups in total. The van der Waals surface area contributed by atoms with E-state index < -0.39 is 0 Å². The first-order valence-corrected chi connectivity index (χ1v) is 7.40. The second kappa shape index (κ2) is 6.20. The zero-order valence-electron chi connectivity index (χ0n) is 12.0. The Labute approximate surface area is 120 Å². The van der Waals surface area contributed by atoms with Crippen LogP contribution >= 0.6 is 0 Å². The highest BCUT2D eigenvalue weighted by Gasteiger charge is 2.21. The van der Waals surface area contributed by atoms with Crippen molar-refractivity contribution in [2.45, 2.75) is 25.9 Å². The Morgan fingerprint density at radius 1 is 1.35 bits per heavy atom. The lowest BCUT2D eigenvalue weighted by Gasteiger charge is -2.26. The van der Waals surface area contributed by atoms with Crippen molar-refractivity contribution in [2.75, 3.05) is 19.6 Å². The van der Waals surface area contributed by atoms with Crippen molar-refractivity contribution in [3.05, 3.63) is 48.3 Å². The molecule has 20 heavy (non-hydrogen) atoms. The van der Waals surface area contributed by atoms with Crippen molar-refractivity contribution in [3.63, 3.8) is 0 Å². The maximum Gasteiger partial charge on any atom is 0.0645 e. The van der Waals surface area contributed by atoms with Crippen molar-refractivity contribution >= 4 is 0 Å². The van der Waals surface area contributed by atoms with Crippen molar-refractivity contribution < 1.29 is 0 Å². The smallest absolute Gasteiger partial charge is 0.0645 e. The zero-order chi connectivity index (χ0) is 13.8. The largest absolute Gasteiger partial charge is 0.315 e. The van der Waals surface area contributed by atoms with Gasteiger partial charge in [0.2, 0.25) is 0 Å². The molecule has 0 amide bonds. The van der Waals surface area contributed by atoms with Crippen molar-refractivity contribution in [1.82, 2.24) is 20.0 Å².